The molecule has 150 valence electrons. The van der Waals surface area contributed by atoms with Crippen LogP contribution in [0.2, 0.25) is 0 Å². The summed E-state index contributed by atoms with van der Waals surface area (Å²) in [6.45, 7) is 7.85. The number of hydrogen-bond acceptors (Lipinski definition) is 5. The second-order valence-electron chi connectivity index (χ2n) is 8.85. The number of aliphatic hydroxyl groups excluding tert-OH is 1. The van der Waals surface area contributed by atoms with E-state index in [1.54, 1.807) is 0 Å². The van der Waals surface area contributed by atoms with E-state index < -0.39 is 6.10 Å². The highest BCUT2D eigenvalue weighted by Crippen LogP contribution is 2.34. The maximum atomic E-state index is 11.1. The molecule has 3 aliphatic heterocycles. The van der Waals surface area contributed by atoms with Gasteiger partial charge in [-0.2, -0.15) is 0 Å². The van der Waals surface area contributed by atoms with Gasteiger partial charge in [-0.25, -0.2) is 0 Å². The first-order valence-electron chi connectivity index (χ1n) is 10.6. The van der Waals surface area contributed by atoms with Gasteiger partial charge in [0, 0.05) is 0 Å². The Kier molecular flexibility index (Phi) is 6.15. The third kappa shape index (κ3) is 4.38. The van der Waals surface area contributed by atoms with Gasteiger partial charge in [0.05, 0.1) is 24.8 Å². The molecule has 1 aromatic rings. The highest BCUT2D eigenvalue weighted by molar-refractivity contribution is 5.15. The van der Waals surface area contributed by atoms with Crippen LogP contribution in [0.25, 0.3) is 0 Å². The molecular weight excluding hydrogens is 340 g/mol. The van der Waals surface area contributed by atoms with Crippen molar-refractivity contribution in [3.63, 3.8) is 0 Å². The number of hydrogen-bond donors (Lipinski definition) is 2. The van der Waals surface area contributed by atoms with Crippen LogP contribution in [-0.2, 0) is 15.9 Å². The molecule has 27 heavy (non-hydrogen) atoms. The molecule has 0 saturated carbocycles. The summed E-state index contributed by atoms with van der Waals surface area (Å²) in [6.07, 6.45) is 2.72. The lowest BCUT2D eigenvalue weighted by atomic mass is 9.87. The van der Waals surface area contributed by atoms with Crippen molar-refractivity contribution in [3.05, 3.63) is 35.9 Å². The molecule has 0 amide bonds. The lowest BCUT2D eigenvalue weighted by Crippen LogP contribution is -2.65. The fraction of sp³-hybridized carbons (Fsp3) is 0.727. The van der Waals surface area contributed by atoms with Crippen LogP contribution in [0.3, 0.4) is 0 Å². The Balaban J connectivity index is 1.35. The number of benzene rings is 1. The Morgan fingerprint density at radius 1 is 1.19 bits per heavy atom. The van der Waals surface area contributed by atoms with Crippen molar-refractivity contribution in [1.29, 1.82) is 0 Å². The van der Waals surface area contributed by atoms with Crippen molar-refractivity contribution in [1.82, 2.24) is 10.2 Å². The summed E-state index contributed by atoms with van der Waals surface area (Å²) in [5.41, 5.74) is 1.43. The predicted molar refractivity (Wildman–Crippen MR) is 105 cm³/mol. The van der Waals surface area contributed by atoms with E-state index in [4.69, 9.17) is 9.47 Å². The second-order valence-corrected chi connectivity index (χ2v) is 8.85. The summed E-state index contributed by atoms with van der Waals surface area (Å²) in [4.78, 5) is 2.41. The number of piperidine rings is 1. The smallest absolute Gasteiger partial charge is 0.176 e. The third-order valence-electron chi connectivity index (χ3n) is 6.33. The number of likely N-dealkylation sites (tertiary alicyclic amines) is 1. The largest absolute Gasteiger partial charge is 0.390 e. The fourth-order valence-electron chi connectivity index (χ4n) is 4.82. The van der Waals surface area contributed by atoms with Crippen LogP contribution in [0.15, 0.2) is 30.3 Å². The first kappa shape index (κ1) is 19.3. The van der Waals surface area contributed by atoms with Crippen LogP contribution in [-0.4, -0.2) is 66.8 Å². The van der Waals surface area contributed by atoms with Gasteiger partial charge in [0.25, 0.3) is 0 Å². The van der Waals surface area contributed by atoms with Crippen LogP contribution >= 0.6 is 0 Å². The van der Waals surface area contributed by atoms with Crippen LogP contribution in [0.5, 0.6) is 0 Å². The molecule has 2 bridgehead atoms. The average molecular weight is 375 g/mol. The van der Waals surface area contributed by atoms with E-state index >= 15 is 0 Å². The van der Waals surface area contributed by atoms with Crippen molar-refractivity contribution in [3.8, 4) is 0 Å². The Hall–Kier alpha value is -0.980. The molecule has 4 rings (SSSR count). The molecule has 3 saturated heterocycles. The molecule has 1 aromatic carbocycles. The summed E-state index contributed by atoms with van der Waals surface area (Å²) >= 11 is 0. The molecule has 0 radical (unpaired) electrons. The molecule has 3 fully saturated rings. The Labute approximate surface area is 163 Å². The number of ether oxygens (including phenoxy) is 2. The van der Waals surface area contributed by atoms with Crippen molar-refractivity contribution in [2.24, 2.45) is 11.8 Å². The summed E-state index contributed by atoms with van der Waals surface area (Å²) in [6, 6.07) is 10.7. The molecule has 3 aliphatic rings. The minimum atomic E-state index is -0.444. The zero-order valence-electron chi connectivity index (χ0n) is 16.6. The van der Waals surface area contributed by atoms with Crippen molar-refractivity contribution < 1.29 is 14.6 Å². The fourth-order valence-corrected chi connectivity index (χ4v) is 4.82. The number of aliphatic hydroxyl groups is 1. The molecule has 5 atom stereocenters. The standard InChI is InChI=1S/C22H34N2O3/c1-15(2)13-23-19-18-14-26-22(27-18)20(21(19)25)24-10-8-17(9-11-24)12-16-6-4-3-5-7-16/h3-7,15,17-23,25H,8-14H2,1-2H3/t18-,19-,20+,21-,22+/m0/s1. The minimum absolute atomic E-state index is 0.0318. The normalized spacial score (nSPS) is 35.0. The van der Waals surface area contributed by atoms with Crippen molar-refractivity contribution in [2.45, 2.75) is 63.7 Å². The zero-order valence-corrected chi connectivity index (χ0v) is 16.6. The van der Waals surface area contributed by atoms with E-state index in [1.165, 1.54) is 18.4 Å². The lowest BCUT2D eigenvalue weighted by molar-refractivity contribution is -0.185. The van der Waals surface area contributed by atoms with E-state index in [9.17, 15) is 5.11 Å². The van der Waals surface area contributed by atoms with Crippen LogP contribution < -0.4 is 5.32 Å². The van der Waals surface area contributed by atoms with E-state index in [1.807, 2.05) is 0 Å². The highest BCUT2D eigenvalue weighted by Gasteiger charge is 2.52. The van der Waals surface area contributed by atoms with Gasteiger partial charge in [-0.05, 0) is 56.3 Å². The molecule has 2 N–H and O–H groups in total. The van der Waals surface area contributed by atoms with Gasteiger partial charge in [0.1, 0.15) is 6.10 Å². The topological polar surface area (TPSA) is 54.0 Å². The highest BCUT2D eigenvalue weighted by atomic mass is 16.7. The van der Waals surface area contributed by atoms with E-state index in [0.29, 0.717) is 12.5 Å². The maximum Gasteiger partial charge on any atom is 0.176 e. The molecule has 0 aliphatic carbocycles. The summed E-state index contributed by atoms with van der Waals surface area (Å²) in [5.74, 6) is 1.27. The van der Waals surface area contributed by atoms with Gasteiger partial charge in [-0.15, -0.1) is 0 Å². The second kappa shape index (κ2) is 8.58. The maximum absolute atomic E-state index is 11.1. The molecule has 5 nitrogen and oxygen atoms in total. The minimum Gasteiger partial charge on any atom is -0.390 e. The molecule has 5 heteroatoms. The number of fused-ring (bicyclic) bond motifs is 2. The van der Waals surface area contributed by atoms with Gasteiger partial charge >= 0.3 is 0 Å². The number of rotatable bonds is 6. The molecular formula is C22H34N2O3. The van der Waals surface area contributed by atoms with Crippen LogP contribution in [0.4, 0.5) is 0 Å². The Bertz CT molecular complexity index is 588. The van der Waals surface area contributed by atoms with E-state index in [0.717, 1.165) is 32.0 Å². The van der Waals surface area contributed by atoms with E-state index in [2.05, 4.69) is 54.4 Å². The van der Waals surface area contributed by atoms with Crippen LogP contribution in [0, 0.1) is 11.8 Å². The van der Waals surface area contributed by atoms with Gasteiger partial charge in [0.15, 0.2) is 6.29 Å². The van der Waals surface area contributed by atoms with Crippen molar-refractivity contribution >= 4 is 0 Å². The lowest BCUT2D eigenvalue weighted by Gasteiger charge is -2.46. The predicted octanol–water partition coefficient (Wildman–Crippen LogP) is 2.04. The summed E-state index contributed by atoms with van der Waals surface area (Å²) in [5, 5.41) is 14.6. The molecule has 3 heterocycles. The average Bonchev–Trinajstić information content (AvgIpc) is 3.08. The Morgan fingerprint density at radius 2 is 1.93 bits per heavy atom. The molecule has 0 aromatic heterocycles. The monoisotopic (exact) mass is 374 g/mol. The SMILES string of the molecule is CC(C)CN[C@@H]1[C@H](O)[C@@H](N2CCC(Cc3ccccc3)CC2)[C@@H]2OC[C@@H]1O2. The van der Waals surface area contributed by atoms with Gasteiger partial charge in [-0.1, -0.05) is 44.2 Å². The Morgan fingerprint density at radius 3 is 2.63 bits per heavy atom. The molecule has 0 spiro atoms. The van der Waals surface area contributed by atoms with Gasteiger partial charge in [0.2, 0.25) is 0 Å². The third-order valence-corrected chi connectivity index (χ3v) is 6.33. The van der Waals surface area contributed by atoms with E-state index in [-0.39, 0.29) is 24.5 Å². The molecule has 0 unspecified atom stereocenters. The first-order valence-corrected chi connectivity index (χ1v) is 10.6. The van der Waals surface area contributed by atoms with Crippen LogP contribution in [0.1, 0.15) is 32.3 Å². The van der Waals surface area contributed by atoms with Crippen molar-refractivity contribution in [2.75, 3.05) is 26.2 Å². The summed E-state index contributed by atoms with van der Waals surface area (Å²) < 4.78 is 12.0. The zero-order chi connectivity index (χ0) is 18.8. The summed E-state index contributed by atoms with van der Waals surface area (Å²) in [7, 11) is 0. The first-order chi connectivity index (χ1) is 13.1. The number of nitrogens with zero attached hydrogens (tertiary/aromatic N) is 1. The van der Waals surface area contributed by atoms with Gasteiger partial charge in [-0.3, -0.25) is 4.90 Å². The quantitative estimate of drug-likeness (QED) is 0.798. The van der Waals surface area contributed by atoms with Gasteiger partial charge < -0.3 is 19.9 Å². The number of nitrogens with one attached hydrogen (secondary N) is 1.